The Hall–Kier alpha value is -1.75. The Labute approximate surface area is 120 Å². The number of carboxylic acids is 1. The largest absolute Gasteiger partial charge is 0.497 e. The van der Waals surface area contributed by atoms with Gasteiger partial charge in [0, 0.05) is 18.0 Å². The number of rotatable bonds is 8. The van der Waals surface area contributed by atoms with Gasteiger partial charge in [-0.1, -0.05) is 0 Å². The molecule has 0 bridgehead atoms. The number of carboxylic acid groups (broad SMARTS) is 1. The second-order valence-electron chi connectivity index (χ2n) is 4.76. The van der Waals surface area contributed by atoms with Gasteiger partial charge in [-0.25, -0.2) is 0 Å². The van der Waals surface area contributed by atoms with E-state index in [0.29, 0.717) is 13.0 Å². The average Bonchev–Trinajstić information content (AvgIpc) is 2.45. The molecule has 1 aromatic carbocycles. The predicted octanol–water partition coefficient (Wildman–Crippen LogP) is 2.56. The van der Waals surface area contributed by atoms with E-state index in [2.05, 4.69) is 11.8 Å². The molecular formula is C15H23NO4. The second-order valence-corrected chi connectivity index (χ2v) is 4.76. The Morgan fingerprint density at radius 2 is 2.05 bits per heavy atom. The highest BCUT2D eigenvalue weighted by molar-refractivity contribution is 5.66. The van der Waals surface area contributed by atoms with Gasteiger partial charge in [0.25, 0.3) is 0 Å². The first kappa shape index (κ1) is 16.3. The summed E-state index contributed by atoms with van der Waals surface area (Å²) in [6, 6.07) is 5.82. The van der Waals surface area contributed by atoms with Crippen LogP contribution in [0.2, 0.25) is 0 Å². The second kappa shape index (κ2) is 7.75. The fourth-order valence-electron chi connectivity index (χ4n) is 2.08. The van der Waals surface area contributed by atoms with Crippen LogP contribution < -0.4 is 9.47 Å². The Balaban J connectivity index is 2.78. The van der Waals surface area contributed by atoms with Gasteiger partial charge in [-0.15, -0.1) is 0 Å². The monoisotopic (exact) mass is 281 g/mol. The van der Waals surface area contributed by atoms with Gasteiger partial charge in [0.15, 0.2) is 0 Å². The van der Waals surface area contributed by atoms with Crippen LogP contribution in [-0.2, 0) is 4.79 Å². The first-order valence-corrected chi connectivity index (χ1v) is 6.63. The number of ether oxygens (including phenoxy) is 2. The van der Waals surface area contributed by atoms with Crippen molar-refractivity contribution in [2.45, 2.75) is 25.8 Å². The smallest absolute Gasteiger partial charge is 0.303 e. The zero-order valence-corrected chi connectivity index (χ0v) is 12.5. The maximum atomic E-state index is 10.5. The minimum absolute atomic E-state index is 0.119. The molecule has 5 heteroatoms. The molecule has 0 aliphatic carbocycles. The highest BCUT2D eigenvalue weighted by Crippen LogP contribution is 2.31. The minimum Gasteiger partial charge on any atom is -0.497 e. The van der Waals surface area contributed by atoms with Crippen molar-refractivity contribution in [3.05, 3.63) is 23.8 Å². The molecule has 1 unspecified atom stereocenters. The Morgan fingerprint density at radius 3 is 2.60 bits per heavy atom. The van der Waals surface area contributed by atoms with E-state index in [0.717, 1.165) is 17.1 Å². The standard InChI is InChI=1S/C15H23NO4/c1-11(16(2)9-5-6-15(17)18)13-10-12(19-3)7-8-14(13)20-4/h7-8,10-11H,5-6,9H2,1-4H3,(H,17,18). The van der Waals surface area contributed by atoms with Crippen LogP contribution in [0, 0.1) is 0 Å². The molecule has 0 heterocycles. The maximum absolute atomic E-state index is 10.5. The predicted molar refractivity (Wildman–Crippen MR) is 77.5 cm³/mol. The van der Waals surface area contributed by atoms with Gasteiger partial charge in [0.05, 0.1) is 14.2 Å². The molecule has 0 aromatic heterocycles. The summed E-state index contributed by atoms with van der Waals surface area (Å²) >= 11 is 0. The summed E-state index contributed by atoms with van der Waals surface area (Å²) in [5.74, 6) is 0.833. The van der Waals surface area contributed by atoms with Crippen molar-refractivity contribution in [3.8, 4) is 11.5 Å². The number of hydrogen-bond acceptors (Lipinski definition) is 4. The lowest BCUT2D eigenvalue weighted by Gasteiger charge is -2.26. The number of aliphatic carboxylic acids is 1. The van der Waals surface area contributed by atoms with E-state index in [9.17, 15) is 4.79 Å². The van der Waals surface area contributed by atoms with Crippen molar-refractivity contribution in [3.63, 3.8) is 0 Å². The van der Waals surface area contributed by atoms with Crippen LogP contribution in [0.25, 0.3) is 0 Å². The topological polar surface area (TPSA) is 59.0 Å². The van der Waals surface area contributed by atoms with Gasteiger partial charge in [-0.2, -0.15) is 0 Å². The SMILES string of the molecule is COc1ccc(OC)c(C(C)N(C)CCCC(=O)O)c1. The van der Waals surface area contributed by atoms with Gasteiger partial charge in [-0.3, -0.25) is 9.69 Å². The van der Waals surface area contributed by atoms with Crippen molar-refractivity contribution >= 4 is 5.97 Å². The third-order valence-corrected chi connectivity index (χ3v) is 3.45. The van der Waals surface area contributed by atoms with Gasteiger partial charge in [0.1, 0.15) is 11.5 Å². The third-order valence-electron chi connectivity index (χ3n) is 3.45. The van der Waals surface area contributed by atoms with Crippen molar-refractivity contribution < 1.29 is 19.4 Å². The lowest BCUT2D eigenvalue weighted by Crippen LogP contribution is -2.24. The molecule has 112 valence electrons. The van der Waals surface area contributed by atoms with Crippen LogP contribution in [-0.4, -0.2) is 43.8 Å². The first-order chi connectivity index (χ1) is 9.49. The van der Waals surface area contributed by atoms with E-state index in [4.69, 9.17) is 14.6 Å². The van der Waals surface area contributed by atoms with E-state index in [1.807, 2.05) is 25.2 Å². The van der Waals surface area contributed by atoms with Crippen LogP contribution in [0.15, 0.2) is 18.2 Å². The molecule has 0 amide bonds. The van der Waals surface area contributed by atoms with Gasteiger partial charge < -0.3 is 14.6 Å². The maximum Gasteiger partial charge on any atom is 0.303 e. The molecule has 1 aromatic rings. The first-order valence-electron chi connectivity index (χ1n) is 6.63. The number of carbonyl (C=O) groups is 1. The number of benzene rings is 1. The molecule has 0 saturated heterocycles. The third kappa shape index (κ3) is 4.42. The minimum atomic E-state index is -0.759. The summed E-state index contributed by atoms with van der Waals surface area (Å²) < 4.78 is 10.6. The molecular weight excluding hydrogens is 258 g/mol. The van der Waals surface area contributed by atoms with Crippen molar-refractivity contribution in [2.75, 3.05) is 27.8 Å². The van der Waals surface area contributed by atoms with Gasteiger partial charge in [-0.05, 0) is 45.1 Å². The molecule has 0 radical (unpaired) electrons. The van der Waals surface area contributed by atoms with E-state index < -0.39 is 5.97 Å². The van der Waals surface area contributed by atoms with Crippen LogP contribution in [0.4, 0.5) is 0 Å². The summed E-state index contributed by atoms with van der Waals surface area (Å²) in [5.41, 5.74) is 1.03. The fourth-order valence-corrected chi connectivity index (χ4v) is 2.08. The molecule has 0 aliphatic rings. The zero-order valence-electron chi connectivity index (χ0n) is 12.5. The zero-order chi connectivity index (χ0) is 15.1. The summed E-state index contributed by atoms with van der Waals surface area (Å²) in [5, 5.41) is 8.68. The highest BCUT2D eigenvalue weighted by atomic mass is 16.5. The van der Waals surface area contributed by atoms with Gasteiger partial charge in [0.2, 0.25) is 0 Å². The molecule has 20 heavy (non-hydrogen) atoms. The Bertz CT molecular complexity index is 447. The van der Waals surface area contributed by atoms with E-state index in [-0.39, 0.29) is 12.5 Å². The molecule has 5 nitrogen and oxygen atoms in total. The molecule has 0 aliphatic heterocycles. The fraction of sp³-hybridized carbons (Fsp3) is 0.533. The van der Waals surface area contributed by atoms with Gasteiger partial charge >= 0.3 is 5.97 Å². The lowest BCUT2D eigenvalue weighted by atomic mass is 10.1. The van der Waals surface area contributed by atoms with Crippen LogP contribution in [0.3, 0.4) is 0 Å². The number of nitrogens with zero attached hydrogens (tertiary/aromatic N) is 1. The number of methoxy groups -OCH3 is 2. The number of hydrogen-bond donors (Lipinski definition) is 1. The molecule has 0 saturated carbocycles. The molecule has 1 N–H and O–H groups in total. The summed E-state index contributed by atoms with van der Waals surface area (Å²) in [6.07, 6.45) is 0.814. The summed E-state index contributed by atoms with van der Waals surface area (Å²) in [7, 11) is 5.25. The van der Waals surface area contributed by atoms with Crippen molar-refractivity contribution in [2.24, 2.45) is 0 Å². The molecule has 0 fully saturated rings. The Kier molecular flexibility index (Phi) is 6.31. The van der Waals surface area contributed by atoms with Crippen LogP contribution in [0.1, 0.15) is 31.4 Å². The van der Waals surface area contributed by atoms with Crippen LogP contribution >= 0.6 is 0 Å². The lowest BCUT2D eigenvalue weighted by molar-refractivity contribution is -0.137. The van der Waals surface area contributed by atoms with Crippen molar-refractivity contribution in [1.82, 2.24) is 4.90 Å². The van der Waals surface area contributed by atoms with E-state index in [1.165, 1.54) is 0 Å². The normalized spacial score (nSPS) is 12.2. The average molecular weight is 281 g/mol. The molecule has 1 atom stereocenters. The van der Waals surface area contributed by atoms with Crippen molar-refractivity contribution in [1.29, 1.82) is 0 Å². The highest BCUT2D eigenvalue weighted by Gasteiger charge is 2.17. The van der Waals surface area contributed by atoms with Crippen LogP contribution in [0.5, 0.6) is 11.5 Å². The van der Waals surface area contributed by atoms with E-state index in [1.54, 1.807) is 14.2 Å². The summed E-state index contributed by atoms with van der Waals surface area (Å²) in [4.78, 5) is 12.7. The molecule has 0 spiro atoms. The Morgan fingerprint density at radius 1 is 1.35 bits per heavy atom. The quantitative estimate of drug-likeness (QED) is 0.793. The van der Waals surface area contributed by atoms with E-state index >= 15 is 0 Å². The molecule has 1 rings (SSSR count). The summed E-state index contributed by atoms with van der Waals surface area (Å²) in [6.45, 7) is 2.78.